The summed E-state index contributed by atoms with van der Waals surface area (Å²) in [6.45, 7) is 8.21. The van der Waals surface area contributed by atoms with E-state index in [1.807, 2.05) is 0 Å². The molecule has 4 nitrogen and oxygen atoms in total. The minimum Gasteiger partial charge on any atom is -0.398 e. The van der Waals surface area contributed by atoms with Crippen LogP contribution in [0, 0.1) is 10.8 Å². The number of anilines is 1. The number of nitrogens with two attached hydrogens (primary N) is 1. The van der Waals surface area contributed by atoms with E-state index in [0.29, 0.717) is 5.69 Å². The summed E-state index contributed by atoms with van der Waals surface area (Å²) in [6, 6.07) is 4.26. The maximum absolute atomic E-state index is 12.3. The van der Waals surface area contributed by atoms with E-state index >= 15 is 0 Å². The fourth-order valence-corrected chi connectivity index (χ4v) is 4.19. The molecule has 1 aromatic rings. The van der Waals surface area contributed by atoms with Crippen LogP contribution in [-0.4, -0.2) is 14.5 Å². The predicted molar refractivity (Wildman–Crippen MR) is 77.5 cm³/mol. The molecule has 1 aliphatic rings. The van der Waals surface area contributed by atoms with Gasteiger partial charge in [0, 0.05) is 6.04 Å². The largest absolute Gasteiger partial charge is 0.398 e. The van der Waals surface area contributed by atoms with Crippen molar-refractivity contribution in [2.75, 3.05) is 5.73 Å². The fourth-order valence-electron chi connectivity index (χ4n) is 2.39. The molecule has 0 atom stereocenters. The second-order valence-corrected chi connectivity index (χ2v) is 8.30. The number of benzene rings is 1. The average Bonchev–Trinajstić information content (AvgIpc) is 2.64. The van der Waals surface area contributed by atoms with Crippen molar-refractivity contribution in [3.05, 3.63) is 23.2 Å². The van der Waals surface area contributed by atoms with Crippen molar-refractivity contribution in [2.24, 2.45) is 10.8 Å². The highest BCUT2D eigenvalue weighted by Crippen LogP contribution is 2.62. The molecule has 106 valence electrons. The number of hydrogen-bond donors (Lipinski definition) is 2. The predicted octanol–water partition coefficient (Wildman–Crippen LogP) is 2.64. The number of sulfonamides is 1. The van der Waals surface area contributed by atoms with Gasteiger partial charge >= 0.3 is 0 Å². The van der Waals surface area contributed by atoms with Crippen LogP contribution < -0.4 is 10.5 Å². The summed E-state index contributed by atoms with van der Waals surface area (Å²) >= 11 is 5.87. The van der Waals surface area contributed by atoms with Gasteiger partial charge in [0.05, 0.1) is 15.6 Å². The highest BCUT2D eigenvalue weighted by atomic mass is 35.5. The van der Waals surface area contributed by atoms with Crippen molar-refractivity contribution in [3.8, 4) is 0 Å². The van der Waals surface area contributed by atoms with Crippen LogP contribution >= 0.6 is 11.6 Å². The molecular weight excluding hydrogens is 284 g/mol. The molecule has 0 saturated heterocycles. The molecule has 0 heterocycles. The quantitative estimate of drug-likeness (QED) is 0.843. The normalized spacial score (nSPS) is 21.3. The summed E-state index contributed by atoms with van der Waals surface area (Å²) in [4.78, 5) is 0.144. The number of nitrogens with one attached hydrogen (secondary N) is 1. The summed E-state index contributed by atoms with van der Waals surface area (Å²) in [7, 11) is -3.57. The van der Waals surface area contributed by atoms with Gasteiger partial charge in [0.1, 0.15) is 0 Å². The van der Waals surface area contributed by atoms with Crippen LogP contribution in [0.5, 0.6) is 0 Å². The van der Waals surface area contributed by atoms with Crippen molar-refractivity contribution < 1.29 is 8.42 Å². The van der Waals surface area contributed by atoms with Gasteiger partial charge in [0.2, 0.25) is 10.0 Å². The maximum Gasteiger partial charge on any atom is 0.240 e. The zero-order chi connectivity index (χ0) is 14.6. The lowest BCUT2D eigenvalue weighted by Crippen LogP contribution is -2.29. The van der Waals surface area contributed by atoms with Gasteiger partial charge in [0.15, 0.2) is 0 Å². The summed E-state index contributed by atoms with van der Waals surface area (Å²) in [5.74, 6) is 0. The maximum atomic E-state index is 12.3. The lowest BCUT2D eigenvalue weighted by molar-refractivity contribution is 0.457. The van der Waals surface area contributed by atoms with Crippen molar-refractivity contribution in [1.82, 2.24) is 4.72 Å². The van der Waals surface area contributed by atoms with Crippen LogP contribution in [0.25, 0.3) is 0 Å². The molecule has 0 spiro atoms. The van der Waals surface area contributed by atoms with Crippen LogP contribution in [0.3, 0.4) is 0 Å². The first-order valence-electron chi connectivity index (χ1n) is 6.07. The van der Waals surface area contributed by atoms with E-state index in [4.69, 9.17) is 17.3 Å². The Morgan fingerprint density at radius 3 is 2.16 bits per heavy atom. The second-order valence-electron chi connectivity index (χ2n) is 6.18. The smallest absolute Gasteiger partial charge is 0.240 e. The molecule has 0 amide bonds. The fraction of sp³-hybridized carbons (Fsp3) is 0.538. The summed E-state index contributed by atoms with van der Waals surface area (Å²) in [5, 5.41) is 0.247. The molecule has 19 heavy (non-hydrogen) atoms. The van der Waals surface area contributed by atoms with E-state index in [0.717, 1.165) is 0 Å². The summed E-state index contributed by atoms with van der Waals surface area (Å²) < 4.78 is 27.4. The number of hydrogen-bond acceptors (Lipinski definition) is 3. The topological polar surface area (TPSA) is 72.2 Å². The lowest BCUT2D eigenvalue weighted by Gasteiger charge is -2.09. The monoisotopic (exact) mass is 302 g/mol. The Hall–Kier alpha value is -0.780. The van der Waals surface area contributed by atoms with Gasteiger partial charge in [0.25, 0.3) is 0 Å². The first-order chi connectivity index (χ1) is 8.50. The summed E-state index contributed by atoms with van der Waals surface area (Å²) in [6.07, 6.45) is 0. The van der Waals surface area contributed by atoms with Gasteiger partial charge in [-0.15, -0.1) is 0 Å². The number of nitrogen functional groups attached to an aromatic ring is 1. The molecule has 0 aromatic heterocycles. The molecule has 0 bridgehead atoms. The Morgan fingerprint density at radius 1 is 1.21 bits per heavy atom. The van der Waals surface area contributed by atoms with Gasteiger partial charge in [-0.2, -0.15) is 0 Å². The molecule has 0 aliphatic heterocycles. The molecule has 1 fully saturated rings. The van der Waals surface area contributed by atoms with E-state index in [1.165, 1.54) is 18.2 Å². The van der Waals surface area contributed by atoms with Crippen LogP contribution in [-0.2, 0) is 10.0 Å². The van der Waals surface area contributed by atoms with E-state index in [2.05, 4.69) is 32.4 Å². The molecular formula is C13H19ClN2O2S. The molecule has 1 aromatic carbocycles. The van der Waals surface area contributed by atoms with Crippen LogP contribution in [0.2, 0.25) is 5.02 Å². The van der Waals surface area contributed by atoms with Crippen molar-refractivity contribution in [1.29, 1.82) is 0 Å². The van der Waals surface area contributed by atoms with Gasteiger partial charge in [-0.1, -0.05) is 39.3 Å². The Bertz CT molecular complexity index is 610. The molecule has 6 heteroatoms. The molecule has 3 N–H and O–H groups in total. The molecule has 1 aliphatic carbocycles. The van der Waals surface area contributed by atoms with E-state index in [-0.39, 0.29) is 26.8 Å². The van der Waals surface area contributed by atoms with E-state index in [1.54, 1.807) is 0 Å². The lowest BCUT2D eigenvalue weighted by atomic mass is 10.0. The highest BCUT2D eigenvalue weighted by molar-refractivity contribution is 7.89. The third-order valence-electron chi connectivity index (χ3n) is 4.58. The Morgan fingerprint density at radius 2 is 1.74 bits per heavy atom. The minimum atomic E-state index is -3.57. The van der Waals surface area contributed by atoms with E-state index in [9.17, 15) is 8.42 Å². The van der Waals surface area contributed by atoms with Gasteiger partial charge in [-0.05, 0) is 29.0 Å². The number of halogens is 1. The van der Waals surface area contributed by atoms with Gasteiger partial charge < -0.3 is 5.73 Å². The Balaban J connectivity index is 2.28. The van der Waals surface area contributed by atoms with Crippen LogP contribution in [0.1, 0.15) is 27.7 Å². The Labute approximate surface area is 119 Å². The molecule has 0 radical (unpaired) electrons. The molecule has 0 unspecified atom stereocenters. The van der Waals surface area contributed by atoms with Crippen LogP contribution in [0.15, 0.2) is 23.1 Å². The second kappa shape index (κ2) is 4.11. The summed E-state index contributed by atoms with van der Waals surface area (Å²) in [5.41, 5.74) is 5.84. The van der Waals surface area contributed by atoms with Gasteiger partial charge in [-0.3, -0.25) is 0 Å². The Kier molecular flexibility index (Phi) is 3.16. The molecule has 1 saturated carbocycles. The molecule has 2 rings (SSSR count). The van der Waals surface area contributed by atoms with Gasteiger partial charge in [-0.25, -0.2) is 13.1 Å². The SMILES string of the molecule is CC1(C)C(NS(=O)(=O)c2ccc(N)c(Cl)c2)C1(C)C. The van der Waals surface area contributed by atoms with E-state index < -0.39 is 10.0 Å². The zero-order valence-electron chi connectivity index (χ0n) is 11.5. The minimum absolute atomic E-state index is 0.0579. The van der Waals surface area contributed by atoms with Crippen molar-refractivity contribution in [2.45, 2.75) is 38.6 Å². The standard InChI is InChI=1S/C13H19ClN2O2S/c1-12(2)11(13(12,3)4)16-19(17,18)8-5-6-10(15)9(14)7-8/h5-7,11,16H,15H2,1-4H3. The van der Waals surface area contributed by atoms with Crippen LogP contribution in [0.4, 0.5) is 5.69 Å². The number of rotatable bonds is 3. The third kappa shape index (κ3) is 2.24. The third-order valence-corrected chi connectivity index (χ3v) is 6.32. The average molecular weight is 303 g/mol. The zero-order valence-corrected chi connectivity index (χ0v) is 13.1. The van der Waals surface area contributed by atoms with Crippen molar-refractivity contribution in [3.63, 3.8) is 0 Å². The first kappa shape index (κ1) is 14.6. The highest BCUT2D eigenvalue weighted by Gasteiger charge is 2.66. The first-order valence-corrected chi connectivity index (χ1v) is 7.93. The van der Waals surface area contributed by atoms with Crippen molar-refractivity contribution >= 4 is 27.3 Å².